The summed E-state index contributed by atoms with van der Waals surface area (Å²) in [5.74, 6) is 1.66. The standard InChI is InChI=1S/C16H26N2O/c1-12(16(2,3)4)10-17-11-13-6-5-7-14-15(13)19-9-8-18-14/h5-7,12,17-18H,8-11H2,1-4H3. The molecule has 2 N–H and O–H groups in total. The SMILES string of the molecule is CC(CNCc1cccc2c1OCCN2)C(C)(C)C. The van der Waals surface area contributed by atoms with Crippen LogP contribution in [-0.2, 0) is 6.54 Å². The highest BCUT2D eigenvalue weighted by molar-refractivity contribution is 5.61. The van der Waals surface area contributed by atoms with E-state index < -0.39 is 0 Å². The van der Waals surface area contributed by atoms with E-state index in [1.54, 1.807) is 0 Å². The maximum atomic E-state index is 5.78. The second-order valence-corrected chi connectivity index (χ2v) is 6.47. The minimum Gasteiger partial charge on any atom is -0.489 e. The maximum Gasteiger partial charge on any atom is 0.146 e. The molecule has 106 valence electrons. The lowest BCUT2D eigenvalue weighted by Gasteiger charge is -2.28. The zero-order valence-electron chi connectivity index (χ0n) is 12.5. The monoisotopic (exact) mass is 262 g/mol. The van der Waals surface area contributed by atoms with Crippen LogP contribution in [0.4, 0.5) is 5.69 Å². The van der Waals surface area contributed by atoms with Crippen molar-refractivity contribution >= 4 is 5.69 Å². The first kappa shape index (κ1) is 14.2. The van der Waals surface area contributed by atoms with Crippen LogP contribution in [0.15, 0.2) is 18.2 Å². The molecule has 1 aromatic rings. The summed E-state index contributed by atoms with van der Waals surface area (Å²) < 4.78 is 5.78. The van der Waals surface area contributed by atoms with Crippen molar-refractivity contribution in [1.29, 1.82) is 0 Å². The number of hydrogen-bond donors (Lipinski definition) is 2. The molecule has 1 aliphatic heterocycles. The second-order valence-electron chi connectivity index (χ2n) is 6.47. The third kappa shape index (κ3) is 3.63. The zero-order valence-corrected chi connectivity index (χ0v) is 12.5. The molecule has 3 heteroatoms. The quantitative estimate of drug-likeness (QED) is 0.874. The molecule has 2 rings (SSSR count). The van der Waals surface area contributed by atoms with E-state index in [1.165, 1.54) is 5.56 Å². The van der Waals surface area contributed by atoms with Crippen molar-refractivity contribution in [2.75, 3.05) is 25.0 Å². The maximum absolute atomic E-state index is 5.78. The summed E-state index contributed by atoms with van der Waals surface area (Å²) in [6.45, 7) is 12.7. The molecule has 0 amide bonds. The van der Waals surface area contributed by atoms with Gasteiger partial charge in [-0.05, 0) is 23.9 Å². The third-order valence-corrected chi connectivity index (χ3v) is 4.00. The van der Waals surface area contributed by atoms with Crippen molar-refractivity contribution in [2.45, 2.75) is 34.2 Å². The Labute approximate surface area is 116 Å². The number of nitrogens with one attached hydrogen (secondary N) is 2. The Balaban J connectivity index is 1.93. The normalized spacial score (nSPS) is 16.2. The van der Waals surface area contributed by atoms with Gasteiger partial charge < -0.3 is 15.4 Å². The van der Waals surface area contributed by atoms with Gasteiger partial charge in [0.05, 0.1) is 5.69 Å². The van der Waals surface area contributed by atoms with Gasteiger partial charge in [-0.15, -0.1) is 0 Å². The predicted octanol–water partition coefficient (Wildman–Crippen LogP) is 3.26. The van der Waals surface area contributed by atoms with Gasteiger partial charge in [0, 0.05) is 18.7 Å². The van der Waals surface area contributed by atoms with Gasteiger partial charge >= 0.3 is 0 Å². The van der Waals surface area contributed by atoms with Crippen molar-refractivity contribution < 1.29 is 4.74 Å². The summed E-state index contributed by atoms with van der Waals surface area (Å²) in [5.41, 5.74) is 2.71. The van der Waals surface area contributed by atoms with Crippen LogP contribution in [0.3, 0.4) is 0 Å². The smallest absolute Gasteiger partial charge is 0.146 e. The summed E-state index contributed by atoms with van der Waals surface area (Å²) in [4.78, 5) is 0. The Morgan fingerprint density at radius 1 is 1.37 bits per heavy atom. The Kier molecular flexibility index (Phi) is 4.35. The van der Waals surface area contributed by atoms with E-state index in [1.807, 2.05) is 0 Å². The van der Waals surface area contributed by atoms with Crippen LogP contribution in [0.1, 0.15) is 33.3 Å². The summed E-state index contributed by atoms with van der Waals surface area (Å²) in [7, 11) is 0. The van der Waals surface area contributed by atoms with Crippen LogP contribution >= 0.6 is 0 Å². The van der Waals surface area contributed by atoms with Crippen LogP contribution in [0.25, 0.3) is 0 Å². The largest absolute Gasteiger partial charge is 0.489 e. The van der Waals surface area contributed by atoms with Gasteiger partial charge in [-0.2, -0.15) is 0 Å². The summed E-state index contributed by atoms with van der Waals surface area (Å²) in [6, 6.07) is 6.31. The highest BCUT2D eigenvalue weighted by Crippen LogP contribution is 2.31. The number of fused-ring (bicyclic) bond motifs is 1. The van der Waals surface area contributed by atoms with E-state index in [-0.39, 0.29) is 0 Å². The molecule has 0 fully saturated rings. The minimum absolute atomic E-state index is 0.348. The van der Waals surface area contributed by atoms with Crippen LogP contribution < -0.4 is 15.4 Å². The van der Waals surface area contributed by atoms with Gasteiger partial charge in [-0.1, -0.05) is 39.8 Å². The van der Waals surface area contributed by atoms with Crippen LogP contribution in [0.5, 0.6) is 5.75 Å². The molecule has 1 atom stereocenters. The van der Waals surface area contributed by atoms with Crippen LogP contribution in [0.2, 0.25) is 0 Å². The number of rotatable bonds is 4. The van der Waals surface area contributed by atoms with Gasteiger partial charge in [0.2, 0.25) is 0 Å². The molecule has 1 aromatic carbocycles. The van der Waals surface area contributed by atoms with Crippen molar-refractivity contribution in [3.05, 3.63) is 23.8 Å². The first-order chi connectivity index (χ1) is 8.98. The Morgan fingerprint density at radius 2 is 2.16 bits per heavy atom. The van der Waals surface area contributed by atoms with Crippen molar-refractivity contribution in [3.8, 4) is 5.75 Å². The molecular formula is C16H26N2O. The molecule has 0 saturated heterocycles. The molecular weight excluding hydrogens is 236 g/mol. The number of anilines is 1. The third-order valence-electron chi connectivity index (χ3n) is 4.00. The van der Waals surface area contributed by atoms with Gasteiger partial charge in [0.1, 0.15) is 12.4 Å². The number of para-hydroxylation sites is 1. The van der Waals surface area contributed by atoms with E-state index in [2.05, 4.69) is 56.5 Å². The highest BCUT2D eigenvalue weighted by atomic mass is 16.5. The Hall–Kier alpha value is -1.22. The minimum atomic E-state index is 0.348. The predicted molar refractivity (Wildman–Crippen MR) is 80.8 cm³/mol. The van der Waals surface area contributed by atoms with E-state index in [0.717, 1.165) is 37.7 Å². The van der Waals surface area contributed by atoms with Gasteiger partial charge in [-0.3, -0.25) is 0 Å². The topological polar surface area (TPSA) is 33.3 Å². The number of benzene rings is 1. The summed E-state index contributed by atoms with van der Waals surface area (Å²) in [5, 5.41) is 6.92. The molecule has 3 nitrogen and oxygen atoms in total. The lowest BCUT2D eigenvalue weighted by Crippen LogP contribution is -2.29. The summed E-state index contributed by atoms with van der Waals surface area (Å²) in [6.07, 6.45) is 0. The molecule has 1 unspecified atom stereocenters. The fourth-order valence-electron chi connectivity index (χ4n) is 2.10. The van der Waals surface area contributed by atoms with Crippen molar-refractivity contribution in [2.24, 2.45) is 11.3 Å². The lowest BCUT2D eigenvalue weighted by atomic mass is 9.82. The molecule has 0 saturated carbocycles. The number of ether oxygens (including phenoxy) is 1. The lowest BCUT2D eigenvalue weighted by molar-refractivity contribution is 0.252. The summed E-state index contributed by atoms with van der Waals surface area (Å²) >= 11 is 0. The van der Waals surface area contributed by atoms with Crippen molar-refractivity contribution in [1.82, 2.24) is 5.32 Å². The van der Waals surface area contributed by atoms with E-state index in [9.17, 15) is 0 Å². The molecule has 0 aliphatic carbocycles. The zero-order chi connectivity index (χ0) is 13.9. The first-order valence-electron chi connectivity index (χ1n) is 7.18. The molecule has 0 bridgehead atoms. The molecule has 1 aliphatic rings. The molecule has 0 radical (unpaired) electrons. The highest BCUT2D eigenvalue weighted by Gasteiger charge is 2.19. The van der Waals surface area contributed by atoms with E-state index in [0.29, 0.717) is 11.3 Å². The second kappa shape index (κ2) is 5.83. The Morgan fingerprint density at radius 3 is 2.89 bits per heavy atom. The molecule has 0 aromatic heterocycles. The Bertz CT molecular complexity index is 423. The molecule has 19 heavy (non-hydrogen) atoms. The van der Waals surface area contributed by atoms with Crippen LogP contribution in [-0.4, -0.2) is 19.7 Å². The van der Waals surface area contributed by atoms with Gasteiger partial charge in [0.25, 0.3) is 0 Å². The fraction of sp³-hybridized carbons (Fsp3) is 0.625. The number of hydrogen-bond acceptors (Lipinski definition) is 3. The molecule has 1 heterocycles. The van der Waals surface area contributed by atoms with E-state index >= 15 is 0 Å². The van der Waals surface area contributed by atoms with E-state index in [4.69, 9.17) is 4.74 Å². The van der Waals surface area contributed by atoms with Gasteiger partial charge in [0.15, 0.2) is 0 Å². The van der Waals surface area contributed by atoms with Crippen LogP contribution in [0, 0.1) is 11.3 Å². The average Bonchev–Trinajstić information content (AvgIpc) is 2.38. The first-order valence-corrected chi connectivity index (χ1v) is 7.18. The average molecular weight is 262 g/mol. The van der Waals surface area contributed by atoms with Gasteiger partial charge in [-0.25, -0.2) is 0 Å². The fourth-order valence-corrected chi connectivity index (χ4v) is 2.10. The van der Waals surface area contributed by atoms with Crippen molar-refractivity contribution in [3.63, 3.8) is 0 Å². The molecule has 0 spiro atoms.